The van der Waals surface area contributed by atoms with Gasteiger partial charge in [-0.05, 0) is 19.3 Å². The van der Waals surface area contributed by atoms with Crippen LogP contribution < -0.4 is 5.73 Å². The summed E-state index contributed by atoms with van der Waals surface area (Å²) in [6, 6.07) is 0.532. The van der Waals surface area contributed by atoms with E-state index >= 15 is 0 Å². The van der Waals surface area contributed by atoms with Crippen molar-refractivity contribution in [2.75, 3.05) is 26.2 Å². The van der Waals surface area contributed by atoms with E-state index in [0.717, 1.165) is 13.2 Å². The van der Waals surface area contributed by atoms with Gasteiger partial charge in [-0.15, -0.1) is 0 Å². The summed E-state index contributed by atoms with van der Waals surface area (Å²) < 4.78 is 5.69. The molecule has 4 nitrogen and oxygen atoms in total. The third-order valence-electron chi connectivity index (χ3n) is 3.31. The molecule has 0 aromatic rings. The smallest absolute Gasteiger partial charge is 0.0789 e. The molecule has 0 bridgehead atoms. The first kappa shape index (κ1) is 10.4. The molecule has 1 heterocycles. The summed E-state index contributed by atoms with van der Waals surface area (Å²) in [4.78, 5) is 2.35. The zero-order valence-electron chi connectivity index (χ0n) is 8.56. The van der Waals surface area contributed by atoms with Gasteiger partial charge in [-0.1, -0.05) is 0 Å². The third kappa shape index (κ3) is 2.08. The number of nitrogens with zero attached hydrogens (tertiary/aromatic N) is 1. The van der Waals surface area contributed by atoms with Crippen molar-refractivity contribution in [3.63, 3.8) is 0 Å². The fourth-order valence-electron chi connectivity index (χ4n) is 2.58. The van der Waals surface area contributed by atoms with Crippen LogP contribution in [0.2, 0.25) is 0 Å². The second-order valence-corrected chi connectivity index (χ2v) is 4.29. The summed E-state index contributed by atoms with van der Waals surface area (Å²) in [5.74, 6) is 0. The second-order valence-electron chi connectivity index (χ2n) is 4.29. The van der Waals surface area contributed by atoms with Crippen LogP contribution >= 0.6 is 0 Å². The van der Waals surface area contributed by atoms with E-state index in [9.17, 15) is 5.11 Å². The SMILES string of the molecule is NC[C@H](O)CN1CCOC2CCCC21. The monoisotopic (exact) mass is 200 g/mol. The van der Waals surface area contributed by atoms with Crippen LogP contribution in [-0.2, 0) is 4.74 Å². The predicted molar refractivity (Wildman–Crippen MR) is 54.0 cm³/mol. The standard InChI is InChI=1S/C10H20N2O2/c11-6-8(13)7-12-4-5-14-10-3-1-2-9(10)12/h8-10,13H,1-7,11H2/t8-,9?,10?/m0/s1. The maximum atomic E-state index is 9.52. The number of rotatable bonds is 3. The van der Waals surface area contributed by atoms with Gasteiger partial charge in [0, 0.05) is 25.7 Å². The lowest BCUT2D eigenvalue weighted by molar-refractivity contribution is -0.0663. The maximum Gasteiger partial charge on any atom is 0.0789 e. The zero-order valence-corrected chi connectivity index (χ0v) is 8.56. The van der Waals surface area contributed by atoms with Crippen molar-refractivity contribution in [3.05, 3.63) is 0 Å². The van der Waals surface area contributed by atoms with Crippen LogP contribution in [0, 0.1) is 0 Å². The van der Waals surface area contributed by atoms with Crippen LogP contribution in [0.15, 0.2) is 0 Å². The Balaban J connectivity index is 1.90. The van der Waals surface area contributed by atoms with E-state index in [0.29, 0.717) is 25.2 Å². The summed E-state index contributed by atoms with van der Waals surface area (Å²) in [5.41, 5.74) is 5.42. The second kappa shape index (κ2) is 4.57. The molecule has 0 amide bonds. The van der Waals surface area contributed by atoms with Gasteiger partial charge in [0.25, 0.3) is 0 Å². The lowest BCUT2D eigenvalue weighted by atomic mass is 10.1. The van der Waals surface area contributed by atoms with Crippen molar-refractivity contribution in [2.45, 2.75) is 37.5 Å². The first-order valence-electron chi connectivity index (χ1n) is 5.55. The van der Waals surface area contributed by atoms with Crippen LogP contribution in [0.1, 0.15) is 19.3 Å². The Hall–Kier alpha value is -0.160. The minimum atomic E-state index is -0.380. The van der Waals surface area contributed by atoms with E-state index in [1.165, 1.54) is 19.3 Å². The maximum absolute atomic E-state index is 9.52. The van der Waals surface area contributed by atoms with E-state index in [4.69, 9.17) is 10.5 Å². The number of fused-ring (bicyclic) bond motifs is 1. The highest BCUT2D eigenvalue weighted by molar-refractivity contribution is 4.90. The number of hydrogen-bond acceptors (Lipinski definition) is 4. The number of β-amino-alcohol motifs (C(OH)–C–C–N with tert-alkyl or cyclic N) is 1. The van der Waals surface area contributed by atoms with Gasteiger partial charge < -0.3 is 15.6 Å². The molecule has 2 rings (SSSR count). The highest BCUT2D eigenvalue weighted by Crippen LogP contribution is 2.29. The fraction of sp³-hybridized carbons (Fsp3) is 1.00. The van der Waals surface area contributed by atoms with Crippen LogP contribution in [0.3, 0.4) is 0 Å². The average molecular weight is 200 g/mol. The largest absolute Gasteiger partial charge is 0.390 e. The van der Waals surface area contributed by atoms with Gasteiger partial charge in [0.1, 0.15) is 0 Å². The quantitative estimate of drug-likeness (QED) is 0.648. The minimum Gasteiger partial charge on any atom is -0.390 e. The van der Waals surface area contributed by atoms with Crippen molar-refractivity contribution in [1.29, 1.82) is 0 Å². The minimum absolute atomic E-state index is 0.356. The molecule has 1 aliphatic carbocycles. The molecule has 2 unspecified atom stereocenters. The molecule has 0 spiro atoms. The van der Waals surface area contributed by atoms with Crippen molar-refractivity contribution in [1.82, 2.24) is 4.90 Å². The summed E-state index contributed by atoms with van der Waals surface area (Å²) in [7, 11) is 0. The number of hydrogen-bond donors (Lipinski definition) is 2. The molecule has 3 atom stereocenters. The summed E-state index contributed by atoms with van der Waals surface area (Å²) >= 11 is 0. The highest BCUT2D eigenvalue weighted by atomic mass is 16.5. The topological polar surface area (TPSA) is 58.7 Å². The molecular formula is C10H20N2O2. The zero-order chi connectivity index (χ0) is 9.97. The van der Waals surface area contributed by atoms with Crippen LogP contribution in [0.25, 0.3) is 0 Å². The van der Waals surface area contributed by atoms with Gasteiger partial charge in [-0.25, -0.2) is 0 Å². The molecule has 1 aliphatic heterocycles. The molecule has 2 aliphatic rings. The van der Waals surface area contributed by atoms with Crippen LogP contribution in [-0.4, -0.2) is 54.5 Å². The predicted octanol–water partition coefficient (Wildman–Crippen LogP) is -0.441. The summed E-state index contributed by atoms with van der Waals surface area (Å²) in [6.45, 7) is 2.81. The van der Waals surface area contributed by atoms with Gasteiger partial charge in [0.05, 0.1) is 18.8 Å². The average Bonchev–Trinajstić information content (AvgIpc) is 2.66. The summed E-state index contributed by atoms with van der Waals surface area (Å²) in [5, 5.41) is 9.52. The molecule has 14 heavy (non-hydrogen) atoms. The molecule has 3 N–H and O–H groups in total. The Morgan fingerprint density at radius 2 is 2.36 bits per heavy atom. The van der Waals surface area contributed by atoms with Crippen molar-refractivity contribution in [2.24, 2.45) is 5.73 Å². The lowest BCUT2D eigenvalue weighted by Crippen LogP contribution is -2.51. The summed E-state index contributed by atoms with van der Waals surface area (Å²) in [6.07, 6.45) is 3.68. The van der Waals surface area contributed by atoms with Gasteiger partial charge in [0.15, 0.2) is 0 Å². The molecule has 0 radical (unpaired) electrons. The molecule has 0 aromatic heterocycles. The van der Waals surface area contributed by atoms with E-state index in [1.807, 2.05) is 0 Å². The fourth-order valence-corrected chi connectivity index (χ4v) is 2.58. The van der Waals surface area contributed by atoms with Crippen LogP contribution in [0.5, 0.6) is 0 Å². The molecule has 1 saturated heterocycles. The Morgan fingerprint density at radius 3 is 3.14 bits per heavy atom. The highest BCUT2D eigenvalue weighted by Gasteiger charge is 2.36. The van der Waals surface area contributed by atoms with Crippen molar-refractivity contribution >= 4 is 0 Å². The van der Waals surface area contributed by atoms with Crippen molar-refractivity contribution < 1.29 is 9.84 Å². The van der Waals surface area contributed by atoms with E-state index in [1.54, 1.807) is 0 Å². The Morgan fingerprint density at radius 1 is 1.50 bits per heavy atom. The number of nitrogens with two attached hydrogens (primary N) is 1. The van der Waals surface area contributed by atoms with Gasteiger partial charge in [0.2, 0.25) is 0 Å². The number of aliphatic hydroxyl groups excluding tert-OH is 1. The number of aliphatic hydroxyl groups is 1. The van der Waals surface area contributed by atoms with E-state index in [-0.39, 0.29) is 6.10 Å². The van der Waals surface area contributed by atoms with E-state index in [2.05, 4.69) is 4.90 Å². The molecule has 1 saturated carbocycles. The van der Waals surface area contributed by atoms with Gasteiger partial charge in [-0.3, -0.25) is 4.90 Å². The molecule has 82 valence electrons. The Bertz CT molecular complexity index is 189. The third-order valence-corrected chi connectivity index (χ3v) is 3.31. The Labute approximate surface area is 85.0 Å². The van der Waals surface area contributed by atoms with Gasteiger partial charge >= 0.3 is 0 Å². The Kier molecular flexibility index (Phi) is 3.38. The van der Waals surface area contributed by atoms with Crippen LogP contribution in [0.4, 0.5) is 0 Å². The molecule has 2 fully saturated rings. The van der Waals surface area contributed by atoms with E-state index < -0.39 is 0 Å². The number of morpholine rings is 1. The molecule has 0 aromatic carbocycles. The van der Waals surface area contributed by atoms with Crippen molar-refractivity contribution in [3.8, 4) is 0 Å². The first-order chi connectivity index (χ1) is 6.81. The number of ether oxygens (including phenoxy) is 1. The molecule has 4 heteroatoms. The first-order valence-corrected chi connectivity index (χ1v) is 5.55. The molecular weight excluding hydrogens is 180 g/mol. The normalized spacial score (nSPS) is 35.6. The van der Waals surface area contributed by atoms with Gasteiger partial charge in [-0.2, -0.15) is 0 Å². The lowest BCUT2D eigenvalue weighted by Gasteiger charge is -2.38.